The second-order valence-corrected chi connectivity index (χ2v) is 7.72. The number of esters is 1. The fourth-order valence-corrected chi connectivity index (χ4v) is 4.36. The summed E-state index contributed by atoms with van der Waals surface area (Å²) in [5.74, 6) is -0.419. The zero-order valence-corrected chi connectivity index (χ0v) is 16.8. The molecule has 2 fully saturated rings. The number of amides is 1. The van der Waals surface area contributed by atoms with Crippen molar-refractivity contribution in [1.29, 1.82) is 0 Å². The van der Waals surface area contributed by atoms with E-state index in [9.17, 15) is 9.59 Å². The highest BCUT2D eigenvalue weighted by atomic mass is 32.1. The third-order valence-electron chi connectivity index (χ3n) is 5.64. The van der Waals surface area contributed by atoms with Crippen molar-refractivity contribution in [2.75, 3.05) is 33.4 Å². The molecule has 150 valence electrons. The zero-order chi connectivity index (χ0) is 19.2. The van der Waals surface area contributed by atoms with Crippen LogP contribution in [0.5, 0.6) is 0 Å². The van der Waals surface area contributed by atoms with Crippen molar-refractivity contribution >= 4 is 29.4 Å². The molecular weight excluding hydrogens is 366 g/mol. The maximum Gasteiger partial charge on any atom is 0.410 e. The van der Waals surface area contributed by atoms with E-state index < -0.39 is 18.1 Å². The monoisotopic (exact) mass is 395 g/mol. The number of allylic oxidation sites excluding steroid dienone is 1. The standard InChI is InChI=1S/C19H29N3O4S/c1-25-17(23)16-13-26-19(24)22(16)15-8-11-21(12-9-15)18(27)20-10-7-14-5-3-2-4-6-14/h5,15-16H,2-4,6-13H2,1H3,(H,20,27). The van der Waals surface area contributed by atoms with Crippen molar-refractivity contribution in [3.8, 4) is 0 Å². The van der Waals surface area contributed by atoms with E-state index in [1.807, 2.05) is 0 Å². The van der Waals surface area contributed by atoms with Crippen LogP contribution in [0, 0.1) is 0 Å². The topological polar surface area (TPSA) is 71.1 Å². The number of carbonyl (C=O) groups excluding carboxylic acids is 2. The Bertz CT molecular complexity index is 602. The number of nitrogens with zero attached hydrogens (tertiary/aromatic N) is 2. The Hall–Kier alpha value is -1.83. The molecule has 2 saturated heterocycles. The van der Waals surface area contributed by atoms with Crippen molar-refractivity contribution in [2.45, 2.75) is 57.0 Å². The minimum atomic E-state index is -0.632. The maximum absolute atomic E-state index is 12.1. The molecule has 1 unspecified atom stereocenters. The maximum atomic E-state index is 12.1. The van der Waals surface area contributed by atoms with Gasteiger partial charge in [0.25, 0.3) is 0 Å². The van der Waals surface area contributed by atoms with E-state index in [0.717, 1.165) is 44.0 Å². The van der Waals surface area contributed by atoms with Crippen LogP contribution >= 0.6 is 12.2 Å². The molecule has 7 nitrogen and oxygen atoms in total. The van der Waals surface area contributed by atoms with E-state index in [0.29, 0.717) is 0 Å². The Morgan fingerprint density at radius 1 is 1.37 bits per heavy atom. The van der Waals surface area contributed by atoms with Crippen LogP contribution in [0.4, 0.5) is 4.79 Å². The van der Waals surface area contributed by atoms with E-state index in [1.165, 1.54) is 38.4 Å². The molecule has 1 amide bonds. The van der Waals surface area contributed by atoms with Crippen LogP contribution in [-0.4, -0.2) is 72.4 Å². The molecule has 1 atom stereocenters. The van der Waals surface area contributed by atoms with Gasteiger partial charge < -0.3 is 19.7 Å². The van der Waals surface area contributed by atoms with Gasteiger partial charge in [0.15, 0.2) is 11.2 Å². The molecule has 8 heteroatoms. The minimum Gasteiger partial charge on any atom is -0.467 e. The summed E-state index contributed by atoms with van der Waals surface area (Å²) in [4.78, 5) is 27.6. The molecule has 0 aromatic heterocycles. The highest BCUT2D eigenvalue weighted by molar-refractivity contribution is 7.80. The van der Waals surface area contributed by atoms with E-state index in [4.69, 9.17) is 21.7 Å². The number of rotatable bonds is 5. The van der Waals surface area contributed by atoms with Gasteiger partial charge in [-0.05, 0) is 57.2 Å². The summed E-state index contributed by atoms with van der Waals surface area (Å²) < 4.78 is 9.87. The number of cyclic esters (lactones) is 1. The molecule has 0 spiro atoms. The SMILES string of the molecule is COC(=O)C1COC(=O)N1C1CCN(C(=S)NCCC2=CCCCC2)CC1. The average molecular weight is 396 g/mol. The number of hydrogen-bond donors (Lipinski definition) is 1. The highest BCUT2D eigenvalue weighted by Crippen LogP contribution is 2.25. The fraction of sp³-hybridized carbons (Fsp3) is 0.737. The Morgan fingerprint density at radius 3 is 2.81 bits per heavy atom. The fourth-order valence-electron chi connectivity index (χ4n) is 4.07. The van der Waals surface area contributed by atoms with Gasteiger partial charge in [-0.3, -0.25) is 4.90 Å². The quantitative estimate of drug-likeness (QED) is 0.435. The summed E-state index contributed by atoms with van der Waals surface area (Å²) in [6, 6.07) is -0.650. The van der Waals surface area contributed by atoms with Crippen LogP contribution in [0.15, 0.2) is 11.6 Å². The van der Waals surface area contributed by atoms with Gasteiger partial charge in [0.1, 0.15) is 6.61 Å². The molecule has 1 aliphatic carbocycles. The van der Waals surface area contributed by atoms with Crippen LogP contribution < -0.4 is 5.32 Å². The molecule has 3 aliphatic rings. The molecule has 0 aromatic carbocycles. The first-order valence-electron chi connectivity index (χ1n) is 9.83. The Balaban J connectivity index is 1.43. The van der Waals surface area contributed by atoms with Gasteiger partial charge in [0, 0.05) is 25.7 Å². The molecule has 1 N–H and O–H groups in total. The normalized spacial score (nSPS) is 23.7. The number of nitrogens with one attached hydrogen (secondary N) is 1. The van der Waals surface area contributed by atoms with Gasteiger partial charge in [-0.1, -0.05) is 11.6 Å². The third kappa shape index (κ3) is 4.91. The van der Waals surface area contributed by atoms with Crippen LogP contribution in [0.25, 0.3) is 0 Å². The molecule has 27 heavy (non-hydrogen) atoms. The van der Waals surface area contributed by atoms with Gasteiger partial charge in [-0.25, -0.2) is 9.59 Å². The van der Waals surface area contributed by atoms with E-state index in [1.54, 1.807) is 4.90 Å². The van der Waals surface area contributed by atoms with Crippen molar-refractivity contribution in [1.82, 2.24) is 15.1 Å². The molecule has 3 rings (SSSR count). The molecular formula is C19H29N3O4S. The number of likely N-dealkylation sites (tertiary alicyclic amines) is 1. The predicted octanol–water partition coefficient (Wildman–Crippen LogP) is 2.21. The van der Waals surface area contributed by atoms with Gasteiger partial charge in [0.2, 0.25) is 0 Å². The lowest BCUT2D eigenvalue weighted by molar-refractivity contribution is -0.145. The lowest BCUT2D eigenvalue weighted by Crippen LogP contribution is -2.53. The summed E-state index contributed by atoms with van der Waals surface area (Å²) >= 11 is 5.54. The molecule has 2 heterocycles. The second-order valence-electron chi connectivity index (χ2n) is 7.33. The Morgan fingerprint density at radius 2 is 2.15 bits per heavy atom. The predicted molar refractivity (Wildman–Crippen MR) is 105 cm³/mol. The smallest absolute Gasteiger partial charge is 0.410 e. The van der Waals surface area contributed by atoms with Crippen LogP contribution in [0.2, 0.25) is 0 Å². The molecule has 2 aliphatic heterocycles. The summed E-state index contributed by atoms with van der Waals surface area (Å²) in [5, 5.41) is 4.14. The highest BCUT2D eigenvalue weighted by Gasteiger charge is 2.43. The van der Waals surface area contributed by atoms with Crippen molar-refractivity contribution in [2.24, 2.45) is 0 Å². The average Bonchev–Trinajstić information content (AvgIpc) is 3.09. The van der Waals surface area contributed by atoms with E-state index >= 15 is 0 Å². The van der Waals surface area contributed by atoms with Crippen LogP contribution in [-0.2, 0) is 14.3 Å². The molecule has 0 saturated carbocycles. The van der Waals surface area contributed by atoms with Crippen molar-refractivity contribution in [3.63, 3.8) is 0 Å². The number of piperidine rings is 1. The van der Waals surface area contributed by atoms with Gasteiger partial charge in [-0.2, -0.15) is 0 Å². The Labute approximate surface area is 166 Å². The third-order valence-corrected chi connectivity index (χ3v) is 6.04. The van der Waals surface area contributed by atoms with E-state index in [-0.39, 0.29) is 12.6 Å². The first kappa shape index (κ1) is 19.9. The molecule has 0 aromatic rings. The number of methoxy groups -OCH3 is 1. The van der Waals surface area contributed by atoms with Crippen molar-refractivity contribution in [3.05, 3.63) is 11.6 Å². The minimum absolute atomic E-state index is 0.0180. The second kappa shape index (κ2) is 9.39. The lowest BCUT2D eigenvalue weighted by Gasteiger charge is -2.38. The Kier molecular flexibility index (Phi) is 6.93. The number of ether oxygens (including phenoxy) is 2. The first-order chi connectivity index (χ1) is 13.1. The van der Waals surface area contributed by atoms with Crippen molar-refractivity contribution < 1.29 is 19.1 Å². The molecule has 0 radical (unpaired) electrons. The first-order valence-corrected chi connectivity index (χ1v) is 10.2. The number of thiocarbonyl (C=S) groups is 1. The summed E-state index contributed by atoms with van der Waals surface area (Å²) in [7, 11) is 1.33. The summed E-state index contributed by atoms with van der Waals surface area (Å²) in [5.41, 5.74) is 1.54. The van der Waals surface area contributed by atoms with Gasteiger partial charge >= 0.3 is 12.1 Å². The van der Waals surface area contributed by atoms with Gasteiger partial charge in [-0.15, -0.1) is 0 Å². The van der Waals surface area contributed by atoms with Gasteiger partial charge in [0.05, 0.1) is 7.11 Å². The number of hydrogen-bond acceptors (Lipinski definition) is 5. The van der Waals surface area contributed by atoms with E-state index in [2.05, 4.69) is 16.3 Å². The van der Waals surface area contributed by atoms with Crippen LogP contribution in [0.3, 0.4) is 0 Å². The zero-order valence-electron chi connectivity index (χ0n) is 15.9. The molecule has 0 bridgehead atoms. The lowest BCUT2D eigenvalue weighted by atomic mass is 9.97. The summed E-state index contributed by atoms with van der Waals surface area (Å²) in [6.45, 7) is 2.46. The van der Waals surface area contributed by atoms with Crippen LogP contribution in [0.1, 0.15) is 44.9 Å². The summed E-state index contributed by atoms with van der Waals surface area (Å²) in [6.07, 6.45) is 9.55. The largest absolute Gasteiger partial charge is 0.467 e. The number of carbonyl (C=O) groups is 2.